The number of carbonyl (C=O) groups is 1. The summed E-state index contributed by atoms with van der Waals surface area (Å²) in [5.74, 6) is -1.21. The Bertz CT molecular complexity index is 442. The van der Waals surface area contributed by atoms with Crippen molar-refractivity contribution in [2.24, 2.45) is 0 Å². The van der Waals surface area contributed by atoms with Crippen LogP contribution in [0, 0.1) is 0 Å². The first kappa shape index (κ1) is 14.9. The third kappa shape index (κ3) is 5.01. The third-order valence-corrected chi connectivity index (χ3v) is 2.77. The van der Waals surface area contributed by atoms with Crippen LogP contribution in [0.2, 0.25) is 5.02 Å². The Morgan fingerprint density at radius 2 is 2.22 bits per heavy atom. The molecule has 0 unspecified atom stereocenters. The minimum Gasteiger partial charge on any atom is -0.478 e. The molecular formula is C9H8ClF3N2O2S. The number of aromatic carboxylic acids is 1. The molecule has 0 saturated carbocycles. The van der Waals surface area contributed by atoms with Crippen molar-refractivity contribution in [2.75, 3.05) is 17.6 Å². The number of aromatic nitrogens is 1. The number of anilines is 1. The standard InChI is InChI=1S/C9H8ClF3N2O2S/c10-6-3-5(8(16)17)4-15-7(6)14-1-2-18-9(11,12)13/h3-4H,1-2H2,(H,14,15)(H,16,17). The van der Waals surface area contributed by atoms with E-state index in [1.54, 1.807) is 0 Å². The smallest absolute Gasteiger partial charge is 0.441 e. The Hall–Kier alpha value is -1.15. The van der Waals surface area contributed by atoms with Crippen LogP contribution in [0.5, 0.6) is 0 Å². The lowest BCUT2D eigenvalue weighted by Crippen LogP contribution is -2.11. The van der Waals surface area contributed by atoms with Gasteiger partial charge in [0, 0.05) is 18.5 Å². The highest BCUT2D eigenvalue weighted by molar-refractivity contribution is 8.00. The molecule has 18 heavy (non-hydrogen) atoms. The van der Waals surface area contributed by atoms with Crippen molar-refractivity contribution in [2.45, 2.75) is 5.51 Å². The maximum Gasteiger partial charge on any atom is 0.441 e. The number of pyridine rings is 1. The monoisotopic (exact) mass is 300 g/mol. The number of hydrogen-bond donors (Lipinski definition) is 2. The largest absolute Gasteiger partial charge is 0.478 e. The molecule has 4 nitrogen and oxygen atoms in total. The van der Waals surface area contributed by atoms with E-state index < -0.39 is 11.5 Å². The number of rotatable bonds is 5. The maximum absolute atomic E-state index is 11.8. The zero-order chi connectivity index (χ0) is 13.8. The minimum absolute atomic E-state index is 0.0172. The molecule has 0 aliphatic heterocycles. The molecule has 0 atom stereocenters. The van der Waals surface area contributed by atoms with Gasteiger partial charge in [-0.05, 0) is 17.8 Å². The predicted octanol–water partition coefficient (Wildman–Crippen LogP) is 3.10. The zero-order valence-electron chi connectivity index (χ0n) is 8.79. The Kier molecular flexibility index (Phi) is 5.09. The molecule has 1 aromatic heterocycles. The van der Waals surface area contributed by atoms with Crippen LogP contribution in [0.3, 0.4) is 0 Å². The van der Waals surface area contributed by atoms with E-state index in [0.29, 0.717) is 0 Å². The van der Waals surface area contributed by atoms with Gasteiger partial charge in [0.25, 0.3) is 0 Å². The summed E-state index contributed by atoms with van der Waals surface area (Å²) in [4.78, 5) is 14.3. The van der Waals surface area contributed by atoms with E-state index >= 15 is 0 Å². The van der Waals surface area contributed by atoms with Gasteiger partial charge in [-0.25, -0.2) is 9.78 Å². The van der Waals surface area contributed by atoms with Crippen LogP contribution in [-0.4, -0.2) is 33.9 Å². The average Bonchev–Trinajstić information content (AvgIpc) is 2.24. The Morgan fingerprint density at radius 3 is 2.72 bits per heavy atom. The fourth-order valence-corrected chi connectivity index (χ4v) is 1.69. The molecule has 0 bridgehead atoms. The first-order chi connectivity index (χ1) is 8.29. The van der Waals surface area contributed by atoms with Crippen molar-refractivity contribution in [1.29, 1.82) is 0 Å². The van der Waals surface area contributed by atoms with Crippen LogP contribution in [0.25, 0.3) is 0 Å². The highest BCUT2D eigenvalue weighted by Crippen LogP contribution is 2.29. The highest BCUT2D eigenvalue weighted by Gasteiger charge is 2.27. The number of alkyl halides is 3. The topological polar surface area (TPSA) is 62.2 Å². The molecule has 9 heteroatoms. The zero-order valence-corrected chi connectivity index (χ0v) is 10.4. The molecule has 0 amide bonds. The maximum atomic E-state index is 11.8. The van der Waals surface area contributed by atoms with E-state index in [1.807, 2.05) is 0 Å². The molecule has 0 spiro atoms. The number of hydrogen-bond acceptors (Lipinski definition) is 4. The van der Waals surface area contributed by atoms with Crippen LogP contribution in [0.15, 0.2) is 12.3 Å². The molecule has 0 fully saturated rings. The van der Waals surface area contributed by atoms with Gasteiger partial charge in [0.15, 0.2) is 0 Å². The number of carboxylic acid groups (broad SMARTS) is 1. The summed E-state index contributed by atoms with van der Waals surface area (Å²) in [5, 5.41) is 11.3. The summed E-state index contributed by atoms with van der Waals surface area (Å²) in [6, 6.07) is 1.18. The summed E-state index contributed by atoms with van der Waals surface area (Å²) in [6.07, 6.45) is 1.08. The molecule has 0 aromatic carbocycles. The second-order valence-electron chi connectivity index (χ2n) is 3.08. The van der Waals surface area contributed by atoms with Crippen LogP contribution < -0.4 is 5.32 Å². The van der Waals surface area contributed by atoms with Crippen LogP contribution in [-0.2, 0) is 0 Å². The van der Waals surface area contributed by atoms with Gasteiger partial charge in [-0.2, -0.15) is 13.2 Å². The number of nitrogens with one attached hydrogen (secondary N) is 1. The summed E-state index contributed by atoms with van der Waals surface area (Å²) >= 11 is 5.56. The Labute approximate surface area is 110 Å². The van der Waals surface area contributed by atoms with E-state index in [4.69, 9.17) is 16.7 Å². The fourth-order valence-electron chi connectivity index (χ4n) is 1.02. The minimum atomic E-state index is -4.27. The van der Waals surface area contributed by atoms with E-state index in [-0.39, 0.29) is 40.5 Å². The van der Waals surface area contributed by atoms with Gasteiger partial charge in [-0.1, -0.05) is 11.6 Å². The molecule has 0 aliphatic rings. The van der Waals surface area contributed by atoms with Gasteiger partial charge in [0.1, 0.15) is 5.82 Å². The summed E-state index contributed by atoms with van der Waals surface area (Å²) in [6.45, 7) is 0.0172. The summed E-state index contributed by atoms with van der Waals surface area (Å²) in [7, 11) is 0. The molecule has 2 N–H and O–H groups in total. The Balaban J connectivity index is 2.51. The SMILES string of the molecule is O=C(O)c1cnc(NCCSC(F)(F)F)c(Cl)c1. The van der Waals surface area contributed by atoms with Gasteiger partial charge in [0.05, 0.1) is 10.6 Å². The van der Waals surface area contributed by atoms with Gasteiger partial charge < -0.3 is 10.4 Å². The first-order valence-electron chi connectivity index (χ1n) is 4.63. The van der Waals surface area contributed by atoms with Crippen molar-refractivity contribution in [3.8, 4) is 0 Å². The average molecular weight is 301 g/mol. The van der Waals surface area contributed by atoms with E-state index in [2.05, 4.69) is 10.3 Å². The highest BCUT2D eigenvalue weighted by atomic mass is 35.5. The van der Waals surface area contributed by atoms with Crippen LogP contribution >= 0.6 is 23.4 Å². The Morgan fingerprint density at radius 1 is 1.56 bits per heavy atom. The fraction of sp³-hybridized carbons (Fsp3) is 0.333. The van der Waals surface area contributed by atoms with Crippen molar-refractivity contribution < 1.29 is 23.1 Å². The number of carboxylic acids is 1. The molecule has 1 rings (SSSR count). The van der Waals surface area contributed by atoms with Gasteiger partial charge in [0.2, 0.25) is 0 Å². The second kappa shape index (κ2) is 6.14. The normalized spacial score (nSPS) is 11.3. The lowest BCUT2D eigenvalue weighted by Gasteiger charge is -2.08. The van der Waals surface area contributed by atoms with Gasteiger partial charge >= 0.3 is 11.5 Å². The number of nitrogens with zero attached hydrogens (tertiary/aromatic N) is 1. The molecular weight excluding hydrogens is 293 g/mol. The van der Waals surface area contributed by atoms with Crippen LogP contribution in [0.1, 0.15) is 10.4 Å². The number of halogens is 4. The van der Waals surface area contributed by atoms with Gasteiger partial charge in [-0.15, -0.1) is 0 Å². The van der Waals surface area contributed by atoms with Crippen molar-refractivity contribution >= 4 is 35.1 Å². The lowest BCUT2D eigenvalue weighted by atomic mass is 10.3. The quantitative estimate of drug-likeness (QED) is 0.818. The predicted molar refractivity (Wildman–Crippen MR) is 63.2 cm³/mol. The van der Waals surface area contributed by atoms with Crippen molar-refractivity contribution in [3.05, 3.63) is 22.8 Å². The molecule has 0 aliphatic carbocycles. The molecule has 0 saturated heterocycles. The summed E-state index contributed by atoms with van der Waals surface area (Å²) in [5.41, 5.74) is -4.36. The van der Waals surface area contributed by atoms with Crippen LogP contribution in [0.4, 0.5) is 19.0 Å². The van der Waals surface area contributed by atoms with Crippen molar-refractivity contribution in [3.63, 3.8) is 0 Å². The van der Waals surface area contributed by atoms with E-state index in [0.717, 1.165) is 6.20 Å². The summed E-state index contributed by atoms with van der Waals surface area (Å²) < 4.78 is 35.5. The molecule has 1 aromatic rings. The molecule has 100 valence electrons. The van der Waals surface area contributed by atoms with E-state index in [1.165, 1.54) is 6.07 Å². The lowest BCUT2D eigenvalue weighted by molar-refractivity contribution is -0.0327. The molecule has 0 radical (unpaired) electrons. The number of thioether (sulfide) groups is 1. The third-order valence-electron chi connectivity index (χ3n) is 1.75. The van der Waals surface area contributed by atoms with Gasteiger partial charge in [-0.3, -0.25) is 0 Å². The van der Waals surface area contributed by atoms with E-state index in [9.17, 15) is 18.0 Å². The van der Waals surface area contributed by atoms with Crippen molar-refractivity contribution in [1.82, 2.24) is 4.98 Å². The molecule has 1 heterocycles. The first-order valence-corrected chi connectivity index (χ1v) is 5.99. The second-order valence-corrected chi connectivity index (χ2v) is 4.65.